The number of benzene rings is 1. The second-order valence-electron chi connectivity index (χ2n) is 5.19. The highest BCUT2D eigenvalue weighted by Gasteiger charge is 2.13. The molecule has 21 heavy (non-hydrogen) atoms. The van der Waals surface area contributed by atoms with Gasteiger partial charge in [0.25, 0.3) is 5.91 Å². The fraction of sp³-hybridized carbons (Fsp3) is 0.500. The van der Waals surface area contributed by atoms with E-state index in [2.05, 4.69) is 21.2 Å². The van der Waals surface area contributed by atoms with Crippen LogP contribution in [-0.4, -0.2) is 23.5 Å². The number of aliphatic carboxylic acids is 1. The molecule has 0 aliphatic heterocycles. The maximum absolute atomic E-state index is 12.1. The molecular weight excluding hydrogens is 334 g/mol. The van der Waals surface area contributed by atoms with E-state index in [0.717, 1.165) is 22.9 Å². The molecule has 5 heteroatoms. The Morgan fingerprint density at radius 3 is 2.67 bits per heavy atom. The Kier molecular flexibility index (Phi) is 7.43. The van der Waals surface area contributed by atoms with Gasteiger partial charge in [0.2, 0.25) is 0 Å². The normalized spacial score (nSPS) is 12.0. The monoisotopic (exact) mass is 355 g/mol. The average molecular weight is 356 g/mol. The second-order valence-corrected chi connectivity index (χ2v) is 5.98. The van der Waals surface area contributed by atoms with Crippen LogP contribution in [0.15, 0.2) is 22.7 Å². The van der Waals surface area contributed by atoms with Crippen LogP contribution in [0.5, 0.6) is 0 Å². The third kappa shape index (κ3) is 5.87. The maximum Gasteiger partial charge on any atom is 0.303 e. The first-order valence-electron chi connectivity index (χ1n) is 7.20. The summed E-state index contributed by atoms with van der Waals surface area (Å²) in [6.07, 6.45) is 2.59. The van der Waals surface area contributed by atoms with Crippen molar-refractivity contribution in [3.05, 3.63) is 33.8 Å². The van der Waals surface area contributed by atoms with Crippen molar-refractivity contribution in [1.29, 1.82) is 0 Å². The van der Waals surface area contributed by atoms with Gasteiger partial charge in [-0.3, -0.25) is 9.59 Å². The van der Waals surface area contributed by atoms with E-state index in [1.54, 1.807) is 6.07 Å². The molecule has 1 rings (SSSR count). The summed E-state index contributed by atoms with van der Waals surface area (Å²) in [5.74, 6) is -0.526. The average Bonchev–Trinajstić information content (AvgIpc) is 2.45. The number of carboxylic acid groups (broad SMARTS) is 1. The van der Waals surface area contributed by atoms with Gasteiger partial charge < -0.3 is 10.4 Å². The molecule has 1 unspecified atom stereocenters. The lowest BCUT2D eigenvalue weighted by atomic mass is 9.96. The van der Waals surface area contributed by atoms with Crippen molar-refractivity contribution in [3.8, 4) is 0 Å². The molecule has 1 aromatic rings. The fourth-order valence-corrected chi connectivity index (χ4v) is 2.63. The minimum atomic E-state index is -0.763. The van der Waals surface area contributed by atoms with Crippen LogP contribution >= 0.6 is 15.9 Å². The van der Waals surface area contributed by atoms with Crippen molar-refractivity contribution >= 4 is 27.8 Å². The van der Waals surface area contributed by atoms with Gasteiger partial charge in [0.1, 0.15) is 0 Å². The van der Waals surface area contributed by atoms with E-state index in [1.807, 2.05) is 26.0 Å². The number of rotatable bonds is 8. The Balaban J connectivity index is 2.45. The van der Waals surface area contributed by atoms with Gasteiger partial charge in [-0.1, -0.05) is 25.5 Å². The van der Waals surface area contributed by atoms with Crippen LogP contribution in [0, 0.1) is 12.8 Å². The lowest BCUT2D eigenvalue weighted by molar-refractivity contribution is -0.137. The number of amides is 1. The smallest absolute Gasteiger partial charge is 0.303 e. The molecule has 0 fully saturated rings. The van der Waals surface area contributed by atoms with Crippen LogP contribution in [0.4, 0.5) is 0 Å². The zero-order valence-corrected chi connectivity index (χ0v) is 14.1. The van der Waals surface area contributed by atoms with Gasteiger partial charge in [-0.2, -0.15) is 0 Å². The molecule has 0 saturated carbocycles. The quantitative estimate of drug-likeness (QED) is 0.745. The van der Waals surface area contributed by atoms with Crippen LogP contribution in [0.2, 0.25) is 0 Å². The second kappa shape index (κ2) is 8.82. The van der Waals surface area contributed by atoms with Crippen molar-refractivity contribution in [2.24, 2.45) is 5.92 Å². The van der Waals surface area contributed by atoms with Crippen molar-refractivity contribution in [2.75, 3.05) is 6.54 Å². The van der Waals surface area contributed by atoms with Crippen LogP contribution < -0.4 is 5.32 Å². The lowest BCUT2D eigenvalue weighted by Gasteiger charge is -2.14. The minimum absolute atomic E-state index is 0.0985. The molecule has 2 N–H and O–H groups in total. The number of carboxylic acids is 1. The zero-order valence-electron chi connectivity index (χ0n) is 12.5. The number of hydrogen-bond donors (Lipinski definition) is 2. The maximum atomic E-state index is 12.1. The van der Waals surface area contributed by atoms with E-state index in [9.17, 15) is 9.59 Å². The van der Waals surface area contributed by atoms with Crippen molar-refractivity contribution < 1.29 is 14.7 Å². The Morgan fingerprint density at radius 1 is 1.33 bits per heavy atom. The van der Waals surface area contributed by atoms with Crippen LogP contribution in [0.25, 0.3) is 0 Å². The topological polar surface area (TPSA) is 66.4 Å². The third-order valence-electron chi connectivity index (χ3n) is 3.62. The van der Waals surface area contributed by atoms with Gasteiger partial charge in [0.05, 0.1) is 5.56 Å². The van der Waals surface area contributed by atoms with Gasteiger partial charge in [-0.05, 0) is 53.2 Å². The molecule has 0 radical (unpaired) electrons. The van der Waals surface area contributed by atoms with E-state index in [4.69, 9.17) is 5.11 Å². The van der Waals surface area contributed by atoms with Gasteiger partial charge in [-0.15, -0.1) is 0 Å². The molecule has 0 spiro atoms. The number of nitrogens with one attached hydrogen (secondary N) is 1. The van der Waals surface area contributed by atoms with Crippen LogP contribution in [0.1, 0.15) is 48.5 Å². The number of halogens is 1. The SMILES string of the molecule is CCC(CCNC(=O)c1cccc(C)c1Br)CCC(=O)O. The molecule has 1 amide bonds. The molecule has 1 atom stereocenters. The first kappa shape index (κ1) is 17.7. The highest BCUT2D eigenvalue weighted by atomic mass is 79.9. The summed E-state index contributed by atoms with van der Waals surface area (Å²) in [7, 11) is 0. The van der Waals surface area contributed by atoms with Crippen molar-refractivity contribution in [3.63, 3.8) is 0 Å². The van der Waals surface area contributed by atoms with Crippen LogP contribution in [0.3, 0.4) is 0 Å². The molecule has 0 aliphatic carbocycles. The third-order valence-corrected chi connectivity index (χ3v) is 4.67. The number of hydrogen-bond acceptors (Lipinski definition) is 2. The molecule has 0 aromatic heterocycles. The summed E-state index contributed by atoms with van der Waals surface area (Å²) in [5.41, 5.74) is 1.66. The standard InChI is InChI=1S/C16H22BrNO3/c1-3-12(7-8-14(19)20)9-10-18-16(21)13-6-4-5-11(2)15(13)17/h4-6,12H,3,7-10H2,1-2H3,(H,18,21)(H,19,20). The fourth-order valence-electron chi connectivity index (χ4n) is 2.19. The summed E-state index contributed by atoms with van der Waals surface area (Å²) in [4.78, 5) is 22.7. The highest BCUT2D eigenvalue weighted by molar-refractivity contribution is 9.10. The number of carbonyl (C=O) groups excluding carboxylic acids is 1. The van der Waals surface area contributed by atoms with E-state index in [-0.39, 0.29) is 12.3 Å². The molecule has 4 nitrogen and oxygen atoms in total. The van der Waals surface area contributed by atoms with Crippen LogP contribution in [-0.2, 0) is 4.79 Å². The van der Waals surface area contributed by atoms with Crippen molar-refractivity contribution in [2.45, 2.75) is 39.5 Å². The van der Waals surface area contributed by atoms with Gasteiger partial charge in [-0.25, -0.2) is 0 Å². The first-order chi connectivity index (χ1) is 9.95. The van der Waals surface area contributed by atoms with Gasteiger partial charge in [0, 0.05) is 17.4 Å². The summed E-state index contributed by atoms with van der Waals surface area (Å²) >= 11 is 3.43. The Morgan fingerprint density at radius 2 is 2.05 bits per heavy atom. The minimum Gasteiger partial charge on any atom is -0.481 e. The Bertz CT molecular complexity index is 502. The van der Waals surface area contributed by atoms with E-state index in [0.29, 0.717) is 24.4 Å². The summed E-state index contributed by atoms with van der Waals surface area (Å²) < 4.78 is 0.820. The summed E-state index contributed by atoms with van der Waals surface area (Å²) in [6.45, 7) is 4.56. The molecule has 0 bridgehead atoms. The molecule has 0 heterocycles. The molecule has 1 aromatic carbocycles. The summed E-state index contributed by atoms with van der Waals surface area (Å²) in [5, 5.41) is 11.6. The molecule has 116 valence electrons. The van der Waals surface area contributed by atoms with E-state index >= 15 is 0 Å². The first-order valence-corrected chi connectivity index (χ1v) is 8.00. The van der Waals surface area contributed by atoms with E-state index < -0.39 is 5.97 Å². The Hall–Kier alpha value is -1.36. The summed E-state index contributed by atoms with van der Waals surface area (Å²) in [6, 6.07) is 5.59. The number of carbonyl (C=O) groups is 2. The molecule has 0 saturated heterocycles. The van der Waals surface area contributed by atoms with Gasteiger partial charge in [0.15, 0.2) is 0 Å². The zero-order chi connectivity index (χ0) is 15.8. The largest absolute Gasteiger partial charge is 0.481 e. The van der Waals surface area contributed by atoms with Crippen molar-refractivity contribution in [1.82, 2.24) is 5.32 Å². The molecule has 0 aliphatic rings. The lowest BCUT2D eigenvalue weighted by Crippen LogP contribution is -2.26. The van der Waals surface area contributed by atoms with E-state index in [1.165, 1.54) is 0 Å². The number of aryl methyl sites for hydroxylation is 1. The Labute approximate surface area is 134 Å². The van der Waals surface area contributed by atoms with Gasteiger partial charge >= 0.3 is 5.97 Å². The molecular formula is C16H22BrNO3. The predicted octanol–water partition coefficient (Wildman–Crippen LogP) is 3.77. The predicted molar refractivity (Wildman–Crippen MR) is 86.5 cm³/mol. The highest BCUT2D eigenvalue weighted by Crippen LogP contribution is 2.21.